The molecule has 0 saturated carbocycles. The number of amides is 1. The minimum atomic E-state index is -3.83. The van der Waals surface area contributed by atoms with Crippen LogP contribution in [0.15, 0.2) is 53.4 Å². The number of carbonyl (C=O) groups excluding carboxylic acids is 1. The van der Waals surface area contributed by atoms with Gasteiger partial charge in [0.25, 0.3) is 15.9 Å². The van der Waals surface area contributed by atoms with Gasteiger partial charge < -0.3 is 14.4 Å². The van der Waals surface area contributed by atoms with Crippen LogP contribution < -0.4 is 9.04 Å². The molecule has 1 saturated heterocycles. The van der Waals surface area contributed by atoms with Crippen LogP contribution in [0.4, 0.5) is 5.69 Å². The SMILES string of the molecule is CCN(C[C@@H]1CCCO1)C(=O)c1cccc(S(=O)(=O)N(C)c2ccc(OC)cc2)c1. The highest BCUT2D eigenvalue weighted by Crippen LogP contribution is 2.25. The minimum absolute atomic E-state index is 0.0435. The summed E-state index contributed by atoms with van der Waals surface area (Å²) in [5.74, 6) is 0.445. The van der Waals surface area contributed by atoms with E-state index in [-0.39, 0.29) is 16.9 Å². The Morgan fingerprint density at radius 1 is 1.20 bits per heavy atom. The summed E-state index contributed by atoms with van der Waals surface area (Å²) in [6.07, 6.45) is 1.98. The fourth-order valence-corrected chi connectivity index (χ4v) is 4.69. The van der Waals surface area contributed by atoms with Crippen LogP contribution in [-0.2, 0) is 14.8 Å². The minimum Gasteiger partial charge on any atom is -0.497 e. The zero-order valence-corrected chi connectivity index (χ0v) is 18.4. The summed E-state index contributed by atoms with van der Waals surface area (Å²) in [5, 5.41) is 0. The molecule has 8 heteroatoms. The molecule has 162 valence electrons. The monoisotopic (exact) mass is 432 g/mol. The summed E-state index contributed by atoms with van der Waals surface area (Å²) in [4.78, 5) is 14.8. The Morgan fingerprint density at radius 2 is 1.93 bits per heavy atom. The van der Waals surface area contributed by atoms with E-state index in [2.05, 4.69) is 0 Å². The van der Waals surface area contributed by atoms with Crippen molar-refractivity contribution in [3.05, 3.63) is 54.1 Å². The van der Waals surface area contributed by atoms with Gasteiger partial charge in [-0.3, -0.25) is 9.10 Å². The highest BCUT2D eigenvalue weighted by Gasteiger charge is 2.25. The first-order chi connectivity index (χ1) is 14.4. The van der Waals surface area contributed by atoms with Crippen molar-refractivity contribution in [3.63, 3.8) is 0 Å². The molecule has 0 unspecified atom stereocenters. The Bertz CT molecular complexity index is 969. The van der Waals surface area contributed by atoms with Crippen LogP contribution in [0.2, 0.25) is 0 Å². The topological polar surface area (TPSA) is 76.2 Å². The molecule has 1 aliphatic heterocycles. The molecule has 30 heavy (non-hydrogen) atoms. The maximum atomic E-state index is 13.1. The summed E-state index contributed by atoms with van der Waals surface area (Å²) in [6, 6.07) is 12.9. The van der Waals surface area contributed by atoms with E-state index in [0.717, 1.165) is 19.4 Å². The maximum absolute atomic E-state index is 13.1. The highest BCUT2D eigenvalue weighted by molar-refractivity contribution is 7.92. The maximum Gasteiger partial charge on any atom is 0.264 e. The van der Waals surface area contributed by atoms with Gasteiger partial charge in [0.2, 0.25) is 0 Å². The molecule has 1 fully saturated rings. The molecule has 1 heterocycles. The first-order valence-electron chi connectivity index (χ1n) is 10.0. The van der Waals surface area contributed by atoms with Gasteiger partial charge >= 0.3 is 0 Å². The van der Waals surface area contributed by atoms with E-state index in [0.29, 0.717) is 30.1 Å². The summed E-state index contributed by atoms with van der Waals surface area (Å²) in [6.45, 7) is 3.67. The van der Waals surface area contributed by atoms with Gasteiger partial charge in [-0.05, 0) is 62.2 Å². The van der Waals surface area contributed by atoms with E-state index >= 15 is 0 Å². The molecule has 0 radical (unpaired) electrons. The molecule has 2 aromatic carbocycles. The van der Waals surface area contributed by atoms with E-state index in [1.54, 1.807) is 48.4 Å². The molecule has 0 aromatic heterocycles. The summed E-state index contributed by atoms with van der Waals surface area (Å²) < 4.78 is 38.2. The first-order valence-corrected chi connectivity index (χ1v) is 11.4. The van der Waals surface area contributed by atoms with E-state index in [4.69, 9.17) is 9.47 Å². The number of sulfonamides is 1. The average molecular weight is 433 g/mol. The molecule has 1 atom stereocenters. The van der Waals surface area contributed by atoms with E-state index in [1.807, 2.05) is 6.92 Å². The number of carbonyl (C=O) groups is 1. The summed E-state index contributed by atoms with van der Waals surface area (Å²) in [7, 11) is -0.786. The van der Waals surface area contributed by atoms with E-state index in [9.17, 15) is 13.2 Å². The molecular formula is C22H28N2O5S. The van der Waals surface area contributed by atoms with E-state index < -0.39 is 10.0 Å². The third-order valence-corrected chi connectivity index (χ3v) is 7.07. The van der Waals surface area contributed by atoms with Crippen molar-refractivity contribution in [1.29, 1.82) is 0 Å². The third kappa shape index (κ3) is 4.76. The normalized spacial score (nSPS) is 16.3. The quantitative estimate of drug-likeness (QED) is 0.640. The zero-order chi connectivity index (χ0) is 21.7. The Balaban J connectivity index is 1.82. The van der Waals surface area contributed by atoms with Crippen LogP contribution in [0.1, 0.15) is 30.1 Å². The number of ether oxygens (including phenoxy) is 2. The van der Waals surface area contributed by atoms with Gasteiger partial charge in [-0.2, -0.15) is 0 Å². The lowest BCUT2D eigenvalue weighted by Gasteiger charge is -2.24. The molecule has 0 N–H and O–H groups in total. The molecule has 3 rings (SSSR count). The van der Waals surface area contributed by atoms with Gasteiger partial charge in [-0.15, -0.1) is 0 Å². The van der Waals surface area contributed by atoms with Crippen molar-refractivity contribution in [3.8, 4) is 5.75 Å². The highest BCUT2D eigenvalue weighted by atomic mass is 32.2. The Labute approximate surface area is 178 Å². The number of likely N-dealkylation sites (N-methyl/N-ethyl adjacent to an activating group) is 1. The molecule has 2 aromatic rings. The lowest BCUT2D eigenvalue weighted by molar-refractivity contribution is 0.0539. The number of methoxy groups -OCH3 is 1. The van der Waals surface area contributed by atoms with Crippen LogP contribution in [0.5, 0.6) is 5.75 Å². The number of nitrogens with zero attached hydrogens (tertiary/aromatic N) is 2. The Morgan fingerprint density at radius 3 is 2.53 bits per heavy atom. The zero-order valence-electron chi connectivity index (χ0n) is 17.6. The second-order valence-electron chi connectivity index (χ2n) is 7.18. The van der Waals surface area contributed by atoms with Crippen molar-refractivity contribution in [1.82, 2.24) is 4.90 Å². The van der Waals surface area contributed by atoms with Crippen molar-refractivity contribution < 1.29 is 22.7 Å². The number of anilines is 1. The van der Waals surface area contributed by atoms with Crippen molar-refractivity contribution in [2.45, 2.75) is 30.8 Å². The third-order valence-electron chi connectivity index (χ3n) is 5.29. The predicted octanol–water partition coefficient (Wildman–Crippen LogP) is 3.16. The van der Waals surface area contributed by atoms with Crippen LogP contribution in [0.25, 0.3) is 0 Å². The Kier molecular flexibility index (Phi) is 6.99. The molecule has 0 bridgehead atoms. The Hall–Kier alpha value is -2.58. The van der Waals surface area contributed by atoms with Gasteiger partial charge in [-0.25, -0.2) is 8.42 Å². The van der Waals surface area contributed by atoms with Crippen molar-refractivity contribution in [2.75, 3.05) is 38.2 Å². The lowest BCUT2D eigenvalue weighted by Crippen LogP contribution is -2.37. The summed E-state index contributed by atoms with van der Waals surface area (Å²) in [5.41, 5.74) is 0.847. The number of rotatable bonds is 8. The average Bonchev–Trinajstić information content (AvgIpc) is 3.30. The smallest absolute Gasteiger partial charge is 0.264 e. The van der Waals surface area contributed by atoms with Crippen molar-refractivity contribution in [2.24, 2.45) is 0 Å². The second-order valence-corrected chi connectivity index (χ2v) is 9.15. The van der Waals surface area contributed by atoms with Crippen LogP contribution >= 0.6 is 0 Å². The van der Waals surface area contributed by atoms with Crippen LogP contribution in [-0.4, -0.2) is 59.2 Å². The molecule has 1 amide bonds. The van der Waals surface area contributed by atoms with E-state index in [1.165, 1.54) is 23.5 Å². The van der Waals surface area contributed by atoms with Gasteiger partial charge in [-0.1, -0.05) is 6.07 Å². The van der Waals surface area contributed by atoms with Gasteiger partial charge in [0.1, 0.15) is 5.75 Å². The lowest BCUT2D eigenvalue weighted by atomic mass is 10.1. The van der Waals surface area contributed by atoms with Crippen molar-refractivity contribution >= 4 is 21.6 Å². The first kappa shape index (κ1) is 22.1. The van der Waals surface area contributed by atoms with Gasteiger partial charge in [0.05, 0.1) is 23.8 Å². The van der Waals surface area contributed by atoms with Gasteiger partial charge in [0.15, 0.2) is 0 Å². The largest absolute Gasteiger partial charge is 0.497 e. The van der Waals surface area contributed by atoms with Gasteiger partial charge in [0, 0.05) is 32.3 Å². The number of hydrogen-bond acceptors (Lipinski definition) is 5. The fraction of sp³-hybridized carbons (Fsp3) is 0.409. The number of hydrogen-bond donors (Lipinski definition) is 0. The predicted molar refractivity (Wildman–Crippen MR) is 116 cm³/mol. The number of benzene rings is 2. The molecule has 1 aliphatic rings. The standard InChI is InChI=1S/C22H28N2O5S/c1-4-24(16-20-8-6-14-29-20)22(25)17-7-5-9-21(15-17)30(26,27)23(2)18-10-12-19(28-3)13-11-18/h5,7,9-13,15,20H,4,6,8,14,16H2,1-3H3/t20-/m0/s1. The second kappa shape index (κ2) is 9.49. The van der Waals surface area contributed by atoms with Crippen LogP contribution in [0.3, 0.4) is 0 Å². The fourth-order valence-electron chi connectivity index (χ4n) is 3.45. The molecule has 7 nitrogen and oxygen atoms in total. The molecular weight excluding hydrogens is 404 g/mol. The summed E-state index contributed by atoms with van der Waals surface area (Å²) >= 11 is 0. The molecule has 0 aliphatic carbocycles. The van der Waals surface area contributed by atoms with Crippen LogP contribution in [0, 0.1) is 0 Å². The molecule has 0 spiro atoms.